The third kappa shape index (κ3) is 14.0. The molecular weight excluding hydrogens is 383 g/mol. The van der Waals surface area contributed by atoms with Crippen molar-refractivity contribution in [3.05, 3.63) is 29.3 Å². The van der Waals surface area contributed by atoms with Gasteiger partial charge in [-0.25, -0.2) is 8.42 Å². The topological polar surface area (TPSA) is 66.4 Å². The van der Waals surface area contributed by atoms with Crippen molar-refractivity contribution in [1.82, 2.24) is 0 Å². The quantitative estimate of drug-likeness (QED) is 0.234. The number of hydrogen-bond donors (Lipinski definition) is 0. The van der Waals surface area contributed by atoms with E-state index in [0.717, 1.165) is 25.0 Å². The number of ether oxygens (including phenoxy) is 1. The Morgan fingerprint density at radius 3 is 2.11 bits per heavy atom. The monoisotopic (exact) mass is 420 g/mol. The molecule has 0 unspecified atom stereocenters. The summed E-state index contributed by atoms with van der Waals surface area (Å²) in [6, 6.07) is 6.57. The molecular formula is C22H37NaO4S. The minimum absolute atomic E-state index is 0. The summed E-state index contributed by atoms with van der Waals surface area (Å²) in [6.45, 7) is 4.89. The Hall–Kier alpha value is -0.0700. The van der Waals surface area contributed by atoms with Crippen LogP contribution in [0.2, 0.25) is 0 Å². The summed E-state index contributed by atoms with van der Waals surface area (Å²) >= 11 is 0. The predicted molar refractivity (Wildman–Crippen MR) is 111 cm³/mol. The molecule has 0 atom stereocenters. The minimum Gasteiger partial charge on any atom is -0.748 e. The van der Waals surface area contributed by atoms with E-state index in [2.05, 4.69) is 32.0 Å². The summed E-state index contributed by atoms with van der Waals surface area (Å²) in [5.74, 6) is 0.627. The summed E-state index contributed by atoms with van der Waals surface area (Å²) in [6.07, 6.45) is 12.9. The van der Waals surface area contributed by atoms with Crippen molar-refractivity contribution < 1.29 is 47.3 Å². The Bertz CT molecular complexity index is 617. The number of unbranched alkanes of at least 4 members (excludes halogenated alkanes) is 7. The second-order valence-electron chi connectivity index (χ2n) is 7.38. The molecule has 0 amide bonds. The van der Waals surface area contributed by atoms with E-state index in [1.165, 1.54) is 56.1 Å². The second kappa shape index (κ2) is 16.7. The second-order valence-corrected chi connectivity index (χ2v) is 8.90. The van der Waals surface area contributed by atoms with Crippen LogP contribution in [-0.2, 0) is 23.0 Å². The number of aryl methyl sites for hydroxylation is 2. The molecule has 0 aliphatic rings. The molecule has 1 rings (SSSR count). The predicted octanol–water partition coefficient (Wildman–Crippen LogP) is 2.64. The fourth-order valence-electron chi connectivity index (χ4n) is 3.16. The molecule has 4 nitrogen and oxygen atoms in total. The van der Waals surface area contributed by atoms with Gasteiger partial charge in [-0.05, 0) is 55.7 Å². The standard InChI is InChI=1S/C22H38O4S.Na/c1-3-5-7-9-13-20-15-16-21(14-10-8-6-4-2)22(19-20)26-17-11-12-18-27(23,24)25;/h15-16,19H,3-14,17-18H2,1-2H3,(H,23,24,25);/q;+1/p-1. The largest absolute Gasteiger partial charge is 1.00 e. The van der Waals surface area contributed by atoms with Crippen LogP contribution in [-0.4, -0.2) is 25.3 Å². The Balaban J connectivity index is 0.00000729. The SMILES string of the molecule is CCCCCCc1ccc(CCCCCC)c(OCCCCS(=O)(=O)[O-])c1.[Na+]. The molecule has 0 aliphatic heterocycles. The van der Waals surface area contributed by atoms with Crippen LogP contribution in [0.25, 0.3) is 0 Å². The molecule has 0 bridgehead atoms. The number of hydrogen-bond acceptors (Lipinski definition) is 4. The Morgan fingerprint density at radius 1 is 0.857 bits per heavy atom. The van der Waals surface area contributed by atoms with Gasteiger partial charge in [0, 0.05) is 5.75 Å². The molecule has 0 N–H and O–H groups in total. The van der Waals surface area contributed by atoms with Crippen molar-refractivity contribution in [3.63, 3.8) is 0 Å². The summed E-state index contributed by atoms with van der Waals surface area (Å²) < 4.78 is 38.0. The fourth-order valence-corrected chi connectivity index (χ4v) is 3.71. The van der Waals surface area contributed by atoms with Crippen molar-refractivity contribution in [1.29, 1.82) is 0 Å². The van der Waals surface area contributed by atoms with Crippen LogP contribution in [0, 0.1) is 0 Å². The summed E-state index contributed by atoms with van der Waals surface area (Å²) in [4.78, 5) is 0. The minimum atomic E-state index is -4.12. The Morgan fingerprint density at radius 2 is 1.50 bits per heavy atom. The Kier molecular flexibility index (Phi) is 16.7. The molecule has 0 spiro atoms. The van der Waals surface area contributed by atoms with Crippen LogP contribution >= 0.6 is 0 Å². The van der Waals surface area contributed by atoms with Crippen molar-refractivity contribution in [2.75, 3.05) is 12.4 Å². The molecule has 0 aromatic heterocycles. The van der Waals surface area contributed by atoms with E-state index in [-0.39, 0.29) is 35.3 Å². The molecule has 0 heterocycles. The van der Waals surface area contributed by atoms with Crippen LogP contribution in [0.1, 0.15) is 89.2 Å². The average molecular weight is 421 g/mol. The first-order valence-electron chi connectivity index (χ1n) is 10.6. The van der Waals surface area contributed by atoms with Crippen molar-refractivity contribution in [3.8, 4) is 5.75 Å². The van der Waals surface area contributed by atoms with Gasteiger partial charge in [0.1, 0.15) is 5.75 Å². The van der Waals surface area contributed by atoms with Crippen LogP contribution in [0.3, 0.4) is 0 Å². The van der Waals surface area contributed by atoms with Crippen molar-refractivity contribution in [2.24, 2.45) is 0 Å². The Labute approximate surface area is 194 Å². The van der Waals surface area contributed by atoms with Gasteiger partial charge in [0.15, 0.2) is 0 Å². The van der Waals surface area contributed by atoms with Crippen LogP contribution in [0.5, 0.6) is 5.75 Å². The van der Waals surface area contributed by atoms with E-state index >= 15 is 0 Å². The third-order valence-corrected chi connectivity index (χ3v) is 5.59. The molecule has 6 heteroatoms. The van der Waals surface area contributed by atoms with Crippen LogP contribution in [0.4, 0.5) is 0 Å². The van der Waals surface area contributed by atoms with E-state index in [9.17, 15) is 13.0 Å². The van der Waals surface area contributed by atoms with Gasteiger partial charge >= 0.3 is 29.6 Å². The van der Waals surface area contributed by atoms with Gasteiger partial charge < -0.3 is 9.29 Å². The molecule has 0 aliphatic carbocycles. The first kappa shape index (κ1) is 27.9. The molecule has 0 fully saturated rings. The van der Waals surface area contributed by atoms with E-state index in [4.69, 9.17) is 4.74 Å². The maximum atomic E-state index is 10.7. The van der Waals surface area contributed by atoms with Gasteiger partial charge in [0.05, 0.1) is 16.7 Å². The van der Waals surface area contributed by atoms with Gasteiger partial charge in [-0.3, -0.25) is 0 Å². The molecule has 0 saturated heterocycles. The van der Waals surface area contributed by atoms with E-state index in [1.54, 1.807) is 0 Å². The first-order chi connectivity index (χ1) is 13.0. The zero-order valence-corrected chi connectivity index (χ0v) is 21.0. The van der Waals surface area contributed by atoms with Gasteiger partial charge in [-0.1, -0.05) is 64.5 Å². The number of rotatable bonds is 16. The van der Waals surface area contributed by atoms with Gasteiger partial charge in [-0.15, -0.1) is 0 Å². The molecule has 0 saturated carbocycles. The maximum absolute atomic E-state index is 10.7. The fraction of sp³-hybridized carbons (Fsp3) is 0.727. The van der Waals surface area contributed by atoms with E-state index < -0.39 is 10.1 Å². The third-order valence-electron chi connectivity index (χ3n) is 4.80. The van der Waals surface area contributed by atoms with Gasteiger partial charge in [0.2, 0.25) is 0 Å². The smallest absolute Gasteiger partial charge is 0.748 e. The van der Waals surface area contributed by atoms with E-state index in [0.29, 0.717) is 19.4 Å². The van der Waals surface area contributed by atoms with Crippen LogP contribution in [0.15, 0.2) is 18.2 Å². The van der Waals surface area contributed by atoms with Crippen LogP contribution < -0.4 is 34.3 Å². The summed E-state index contributed by atoms with van der Waals surface area (Å²) in [7, 11) is -4.12. The maximum Gasteiger partial charge on any atom is 1.00 e. The molecule has 156 valence electrons. The summed E-state index contributed by atoms with van der Waals surface area (Å²) in [5.41, 5.74) is 2.54. The summed E-state index contributed by atoms with van der Waals surface area (Å²) in [5, 5.41) is 0. The van der Waals surface area contributed by atoms with E-state index in [1.807, 2.05) is 0 Å². The zero-order chi connectivity index (χ0) is 20.0. The molecule has 1 aromatic carbocycles. The normalized spacial score (nSPS) is 11.2. The molecule has 1 aromatic rings. The first-order valence-corrected chi connectivity index (χ1v) is 12.2. The zero-order valence-electron chi connectivity index (χ0n) is 18.2. The van der Waals surface area contributed by atoms with Crippen molar-refractivity contribution in [2.45, 2.75) is 90.9 Å². The average Bonchev–Trinajstić information content (AvgIpc) is 2.62. The van der Waals surface area contributed by atoms with Crippen molar-refractivity contribution >= 4 is 10.1 Å². The number of benzene rings is 1. The molecule has 28 heavy (non-hydrogen) atoms. The van der Waals surface area contributed by atoms with Gasteiger partial charge in [0.25, 0.3) is 0 Å². The van der Waals surface area contributed by atoms with Gasteiger partial charge in [-0.2, -0.15) is 0 Å². The molecule has 0 radical (unpaired) electrons.